The number of hydrogen-bond acceptors (Lipinski definition) is 6. The minimum atomic E-state index is -0.103. The van der Waals surface area contributed by atoms with E-state index in [1.807, 2.05) is 61.2 Å². The highest BCUT2D eigenvalue weighted by Crippen LogP contribution is 2.23. The molecule has 0 N–H and O–H groups in total. The molecule has 178 valence electrons. The molecule has 2 aromatic heterocycles. The Morgan fingerprint density at radius 3 is 2.47 bits per heavy atom. The summed E-state index contributed by atoms with van der Waals surface area (Å²) in [7, 11) is 1.76. The monoisotopic (exact) mass is 461 g/mol. The van der Waals surface area contributed by atoms with E-state index in [0.717, 1.165) is 18.8 Å². The fourth-order valence-corrected chi connectivity index (χ4v) is 4.19. The highest BCUT2D eigenvalue weighted by Gasteiger charge is 2.28. The van der Waals surface area contributed by atoms with Gasteiger partial charge < -0.3 is 9.80 Å². The first-order chi connectivity index (χ1) is 16.4. The highest BCUT2D eigenvalue weighted by molar-refractivity contribution is 5.98. The van der Waals surface area contributed by atoms with Gasteiger partial charge in [0.1, 0.15) is 11.6 Å². The van der Waals surface area contributed by atoms with Crippen LogP contribution in [0, 0.1) is 5.92 Å². The number of hydrogen-bond donors (Lipinski definition) is 0. The van der Waals surface area contributed by atoms with Crippen LogP contribution in [0.2, 0.25) is 0 Å². The average molecular weight is 462 g/mol. The number of carbonyl (C=O) groups is 2. The van der Waals surface area contributed by atoms with E-state index in [-0.39, 0.29) is 23.8 Å². The van der Waals surface area contributed by atoms with Crippen molar-refractivity contribution in [2.24, 2.45) is 5.92 Å². The molecule has 1 aliphatic heterocycles. The fourth-order valence-electron chi connectivity index (χ4n) is 4.19. The molecule has 0 aliphatic carbocycles. The van der Waals surface area contributed by atoms with E-state index in [1.54, 1.807) is 24.3 Å². The Kier molecular flexibility index (Phi) is 6.90. The number of aromatic nitrogens is 4. The molecule has 1 saturated heterocycles. The first-order valence-corrected chi connectivity index (χ1v) is 11.6. The molecule has 1 aliphatic rings. The molecule has 1 aromatic carbocycles. The van der Waals surface area contributed by atoms with Gasteiger partial charge in [0, 0.05) is 38.6 Å². The average Bonchev–Trinajstić information content (AvgIpc) is 3.32. The van der Waals surface area contributed by atoms with Crippen LogP contribution < -0.4 is 9.80 Å². The molecule has 3 heterocycles. The molecule has 1 atom stereocenters. The SMILES string of the molecule is CC(C)C(=O)N(C)c1cccc(N2CC[C@@H](C)N(C(=O)c3ccccc3-n3nccn3)CC2)n1. The second-order valence-electron chi connectivity index (χ2n) is 8.86. The maximum Gasteiger partial charge on any atom is 0.256 e. The maximum atomic E-state index is 13.6. The Morgan fingerprint density at radius 2 is 1.74 bits per heavy atom. The largest absolute Gasteiger partial charge is 0.355 e. The van der Waals surface area contributed by atoms with Crippen LogP contribution in [0.1, 0.15) is 37.6 Å². The molecule has 2 amide bonds. The van der Waals surface area contributed by atoms with Crippen molar-refractivity contribution in [2.45, 2.75) is 33.2 Å². The number of nitrogens with zero attached hydrogens (tertiary/aromatic N) is 7. The number of rotatable bonds is 5. The third kappa shape index (κ3) is 4.78. The van der Waals surface area contributed by atoms with E-state index >= 15 is 0 Å². The third-order valence-corrected chi connectivity index (χ3v) is 6.20. The molecule has 9 heteroatoms. The van der Waals surface area contributed by atoms with E-state index in [9.17, 15) is 9.59 Å². The summed E-state index contributed by atoms with van der Waals surface area (Å²) in [6, 6.07) is 13.2. The Morgan fingerprint density at radius 1 is 1.00 bits per heavy atom. The van der Waals surface area contributed by atoms with Crippen LogP contribution >= 0.6 is 0 Å². The highest BCUT2D eigenvalue weighted by atomic mass is 16.2. The Bertz CT molecular complexity index is 1150. The van der Waals surface area contributed by atoms with Crippen molar-refractivity contribution in [2.75, 3.05) is 36.5 Å². The van der Waals surface area contributed by atoms with Crippen molar-refractivity contribution in [1.82, 2.24) is 24.9 Å². The second kappa shape index (κ2) is 10.0. The van der Waals surface area contributed by atoms with Crippen LogP contribution in [-0.4, -0.2) is 69.4 Å². The minimum absolute atomic E-state index is 0.0243. The standard InChI is InChI=1S/C25H31N7O2/c1-18(2)24(33)29(4)22-10-7-11-23(28-22)30-15-12-19(3)31(17-16-30)25(34)20-8-5-6-9-21(20)32-26-13-14-27-32/h5-11,13-14,18-19H,12,15-17H2,1-4H3/t19-/m1/s1. The number of amides is 2. The number of para-hydroxylation sites is 1. The molecule has 0 saturated carbocycles. The molecule has 0 radical (unpaired) electrons. The maximum absolute atomic E-state index is 13.6. The van der Waals surface area contributed by atoms with Crippen LogP contribution in [0.15, 0.2) is 54.9 Å². The molecule has 0 spiro atoms. The number of benzene rings is 1. The van der Waals surface area contributed by atoms with Gasteiger partial charge in [0.25, 0.3) is 5.91 Å². The van der Waals surface area contributed by atoms with Gasteiger partial charge in [-0.15, -0.1) is 0 Å². The van der Waals surface area contributed by atoms with E-state index in [2.05, 4.69) is 22.0 Å². The summed E-state index contributed by atoms with van der Waals surface area (Å²) in [6.07, 6.45) is 4.00. The fraction of sp³-hybridized carbons (Fsp3) is 0.400. The van der Waals surface area contributed by atoms with Crippen LogP contribution in [0.5, 0.6) is 0 Å². The van der Waals surface area contributed by atoms with Crippen molar-refractivity contribution in [3.8, 4) is 5.69 Å². The molecule has 34 heavy (non-hydrogen) atoms. The lowest BCUT2D eigenvalue weighted by Crippen LogP contribution is -2.40. The Balaban J connectivity index is 1.53. The molecule has 1 fully saturated rings. The zero-order chi connectivity index (χ0) is 24.2. The number of carbonyl (C=O) groups excluding carboxylic acids is 2. The van der Waals surface area contributed by atoms with Gasteiger partial charge in [-0.05, 0) is 37.6 Å². The zero-order valence-electron chi connectivity index (χ0n) is 20.1. The molecule has 0 unspecified atom stereocenters. The van der Waals surface area contributed by atoms with Crippen LogP contribution in [-0.2, 0) is 4.79 Å². The van der Waals surface area contributed by atoms with Gasteiger partial charge in [-0.3, -0.25) is 14.5 Å². The van der Waals surface area contributed by atoms with E-state index in [4.69, 9.17) is 4.98 Å². The van der Waals surface area contributed by atoms with E-state index in [0.29, 0.717) is 30.2 Å². The summed E-state index contributed by atoms with van der Waals surface area (Å²) in [5.74, 6) is 1.32. The summed E-state index contributed by atoms with van der Waals surface area (Å²) < 4.78 is 0. The first kappa shape index (κ1) is 23.4. The molecule has 4 rings (SSSR count). The van der Waals surface area contributed by atoms with Gasteiger partial charge in [0.2, 0.25) is 5.91 Å². The summed E-state index contributed by atoms with van der Waals surface area (Å²) in [5, 5.41) is 8.40. The van der Waals surface area contributed by atoms with Crippen molar-refractivity contribution in [1.29, 1.82) is 0 Å². The summed E-state index contributed by atoms with van der Waals surface area (Å²) in [5.41, 5.74) is 1.24. The number of pyridine rings is 1. The first-order valence-electron chi connectivity index (χ1n) is 11.6. The second-order valence-corrected chi connectivity index (χ2v) is 8.86. The molecule has 0 bridgehead atoms. The Hall–Kier alpha value is -3.75. The smallest absolute Gasteiger partial charge is 0.256 e. The minimum Gasteiger partial charge on any atom is -0.355 e. The zero-order valence-corrected chi connectivity index (χ0v) is 20.1. The summed E-state index contributed by atoms with van der Waals surface area (Å²) >= 11 is 0. The molecule has 9 nitrogen and oxygen atoms in total. The van der Waals surface area contributed by atoms with Gasteiger partial charge in [-0.1, -0.05) is 32.0 Å². The molecular formula is C25H31N7O2. The van der Waals surface area contributed by atoms with E-state index < -0.39 is 0 Å². The Labute approximate surface area is 200 Å². The normalized spacial score (nSPS) is 16.4. The van der Waals surface area contributed by atoms with Gasteiger partial charge in [-0.2, -0.15) is 15.0 Å². The predicted octanol–water partition coefficient (Wildman–Crippen LogP) is 3.02. The predicted molar refractivity (Wildman–Crippen MR) is 131 cm³/mol. The van der Waals surface area contributed by atoms with Gasteiger partial charge in [0.15, 0.2) is 0 Å². The van der Waals surface area contributed by atoms with Gasteiger partial charge in [-0.25, -0.2) is 4.98 Å². The third-order valence-electron chi connectivity index (χ3n) is 6.20. The van der Waals surface area contributed by atoms with Crippen LogP contribution in [0.3, 0.4) is 0 Å². The van der Waals surface area contributed by atoms with Crippen LogP contribution in [0.4, 0.5) is 11.6 Å². The quantitative estimate of drug-likeness (QED) is 0.581. The van der Waals surface area contributed by atoms with Crippen LogP contribution in [0.25, 0.3) is 5.69 Å². The lowest BCUT2D eigenvalue weighted by Gasteiger charge is -2.27. The van der Waals surface area contributed by atoms with Crippen molar-refractivity contribution in [3.05, 3.63) is 60.4 Å². The topological polar surface area (TPSA) is 87.5 Å². The van der Waals surface area contributed by atoms with E-state index in [1.165, 1.54) is 4.80 Å². The summed E-state index contributed by atoms with van der Waals surface area (Å²) in [4.78, 5) is 37.9. The molecular weight excluding hydrogens is 430 g/mol. The lowest BCUT2D eigenvalue weighted by atomic mass is 10.1. The summed E-state index contributed by atoms with van der Waals surface area (Å²) in [6.45, 7) is 7.82. The van der Waals surface area contributed by atoms with Crippen molar-refractivity contribution < 1.29 is 9.59 Å². The lowest BCUT2D eigenvalue weighted by molar-refractivity contribution is -0.121. The molecule has 3 aromatic rings. The van der Waals surface area contributed by atoms with Gasteiger partial charge >= 0.3 is 0 Å². The van der Waals surface area contributed by atoms with Crippen molar-refractivity contribution in [3.63, 3.8) is 0 Å². The van der Waals surface area contributed by atoms with Crippen molar-refractivity contribution >= 4 is 23.5 Å². The number of anilines is 2. The van der Waals surface area contributed by atoms with Gasteiger partial charge in [0.05, 0.1) is 23.6 Å².